The van der Waals surface area contributed by atoms with E-state index in [1.165, 1.54) is 0 Å². The molecule has 0 aromatic carbocycles. The molecule has 1 atom stereocenters. The lowest BCUT2D eigenvalue weighted by atomic mass is 10.2. The van der Waals surface area contributed by atoms with Gasteiger partial charge in [-0.1, -0.05) is 35.9 Å². The lowest BCUT2D eigenvalue weighted by Gasteiger charge is -2.09. The molecule has 11 heavy (non-hydrogen) atoms. The molecule has 0 aromatic rings. The third kappa shape index (κ3) is 8.04. The van der Waals surface area contributed by atoms with E-state index in [-0.39, 0.29) is 6.10 Å². The Kier molecular flexibility index (Phi) is 6.91. The maximum atomic E-state index is 9.25. The highest BCUT2D eigenvalue weighted by molar-refractivity contribution is 9.11. The van der Waals surface area contributed by atoms with Crippen molar-refractivity contribution < 1.29 is 5.11 Å². The molecule has 0 aliphatic carbocycles. The van der Waals surface area contributed by atoms with Crippen molar-refractivity contribution in [3.05, 3.63) is 11.1 Å². The van der Waals surface area contributed by atoms with Crippen LogP contribution >= 0.6 is 15.9 Å². The molecule has 0 saturated carbocycles. The molecule has 2 nitrogen and oxygen atoms in total. The Morgan fingerprint density at radius 1 is 1.73 bits per heavy atom. The van der Waals surface area contributed by atoms with Gasteiger partial charge in [0.05, 0.1) is 6.10 Å². The van der Waals surface area contributed by atoms with Gasteiger partial charge in [0.25, 0.3) is 0 Å². The van der Waals surface area contributed by atoms with Gasteiger partial charge >= 0.3 is 0 Å². The monoisotopic (exact) mass is 221 g/mol. The maximum absolute atomic E-state index is 9.25. The second-order valence-electron chi connectivity index (χ2n) is 2.59. The zero-order valence-electron chi connectivity index (χ0n) is 6.94. The van der Waals surface area contributed by atoms with Crippen molar-refractivity contribution in [1.82, 2.24) is 5.32 Å². The zero-order valence-corrected chi connectivity index (χ0v) is 8.52. The molecular formula is C8H16BrNO. The summed E-state index contributed by atoms with van der Waals surface area (Å²) >= 11 is 3.22. The first-order chi connectivity index (χ1) is 5.16. The average molecular weight is 222 g/mol. The Labute approximate surface area is 76.8 Å². The molecule has 0 saturated heterocycles. The van der Waals surface area contributed by atoms with E-state index in [9.17, 15) is 5.11 Å². The van der Waals surface area contributed by atoms with Crippen molar-refractivity contribution in [2.75, 3.05) is 13.1 Å². The van der Waals surface area contributed by atoms with E-state index < -0.39 is 0 Å². The first kappa shape index (κ1) is 11.1. The fourth-order valence-electron chi connectivity index (χ4n) is 0.810. The second-order valence-corrected chi connectivity index (χ2v) is 3.71. The van der Waals surface area contributed by atoms with Crippen LogP contribution in [0.3, 0.4) is 0 Å². The standard InChI is InChI=1S/C8H16BrNO/c1-3-4-8(11)6-10-5-7(2)9/h8,10-11H,2-6H2,1H3. The molecule has 0 fully saturated rings. The lowest BCUT2D eigenvalue weighted by molar-refractivity contribution is 0.162. The number of rotatable bonds is 6. The van der Waals surface area contributed by atoms with Crippen LogP contribution in [0.25, 0.3) is 0 Å². The topological polar surface area (TPSA) is 32.3 Å². The van der Waals surface area contributed by atoms with E-state index in [4.69, 9.17) is 0 Å². The Bertz CT molecular complexity index is 117. The number of aliphatic hydroxyl groups is 1. The van der Waals surface area contributed by atoms with E-state index in [1.54, 1.807) is 0 Å². The summed E-state index contributed by atoms with van der Waals surface area (Å²) in [5.74, 6) is 0. The van der Waals surface area contributed by atoms with Crippen molar-refractivity contribution in [3.8, 4) is 0 Å². The van der Waals surface area contributed by atoms with Crippen LogP contribution < -0.4 is 5.32 Å². The van der Waals surface area contributed by atoms with E-state index >= 15 is 0 Å². The molecule has 0 amide bonds. The average Bonchev–Trinajstić information content (AvgIpc) is 1.87. The highest BCUT2D eigenvalue weighted by Crippen LogP contribution is 1.98. The van der Waals surface area contributed by atoms with Crippen LogP contribution in [0.4, 0.5) is 0 Å². The molecule has 1 unspecified atom stereocenters. The Balaban J connectivity index is 3.16. The molecule has 0 aromatic heterocycles. The van der Waals surface area contributed by atoms with Gasteiger partial charge in [0.15, 0.2) is 0 Å². The summed E-state index contributed by atoms with van der Waals surface area (Å²) in [4.78, 5) is 0. The highest BCUT2D eigenvalue weighted by atomic mass is 79.9. The van der Waals surface area contributed by atoms with Gasteiger partial charge in [-0.05, 0) is 6.42 Å². The second kappa shape index (κ2) is 6.83. The Hall–Kier alpha value is 0.140. The van der Waals surface area contributed by atoms with Crippen molar-refractivity contribution in [3.63, 3.8) is 0 Å². The van der Waals surface area contributed by atoms with Crippen LogP contribution in [0.15, 0.2) is 11.1 Å². The van der Waals surface area contributed by atoms with Gasteiger partial charge in [0.2, 0.25) is 0 Å². The van der Waals surface area contributed by atoms with Crippen LogP contribution in [0.2, 0.25) is 0 Å². The fraction of sp³-hybridized carbons (Fsp3) is 0.750. The lowest BCUT2D eigenvalue weighted by Crippen LogP contribution is -2.27. The predicted octanol–water partition coefficient (Wildman–Crippen LogP) is 1.65. The Morgan fingerprint density at radius 3 is 2.82 bits per heavy atom. The molecule has 2 N–H and O–H groups in total. The summed E-state index contributed by atoms with van der Waals surface area (Å²) in [6.45, 7) is 7.11. The van der Waals surface area contributed by atoms with Crippen molar-refractivity contribution in [2.24, 2.45) is 0 Å². The predicted molar refractivity (Wildman–Crippen MR) is 51.9 cm³/mol. The molecule has 0 heterocycles. The number of aliphatic hydroxyl groups excluding tert-OH is 1. The SMILES string of the molecule is C=C(Br)CNCC(O)CCC. The quantitative estimate of drug-likeness (QED) is 0.716. The maximum Gasteiger partial charge on any atom is 0.0664 e. The van der Waals surface area contributed by atoms with Gasteiger partial charge in [-0.3, -0.25) is 0 Å². The van der Waals surface area contributed by atoms with Gasteiger partial charge < -0.3 is 10.4 Å². The minimum Gasteiger partial charge on any atom is -0.392 e. The van der Waals surface area contributed by atoms with Gasteiger partial charge in [-0.15, -0.1) is 0 Å². The summed E-state index contributed by atoms with van der Waals surface area (Å²) in [5.41, 5.74) is 0. The van der Waals surface area contributed by atoms with E-state index in [1.807, 2.05) is 0 Å². The molecule has 3 heteroatoms. The minimum absolute atomic E-state index is 0.216. The van der Waals surface area contributed by atoms with Gasteiger partial charge in [-0.25, -0.2) is 0 Å². The number of nitrogens with one attached hydrogen (secondary N) is 1. The van der Waals surface area contributed by atoms with Crippen LogP contribution in [0, 0.1) is 0 Å². The summed E-state index contributed by atoms with van der Waals surface area (Å²) in [6.07, 6.45) is 1.67. The van der Waals surface area contributed by atoms with Crippen LogP contribution in [0.1, 0.15) is 19.8 Å². The van der Waals surface area contributed by atoms with E-state index in [0.29, 0.717) is 6.54 Å². The first-order valence-corrected chi connectivity index (χ1v) is 4.68. The van der Waals surface area contributed by atoms with Crippen molar-refractivity contribution >= 4 is 15.9 Å². The molecule has 0 aliphatic rings. The molecule has 66 valence electrons. The number of hydrogen-bond acceptors (Lipinski definition) is 2. The number of hydrogen-bond donors (Lipinski definition) is 2. The molecule has 0 bridgehead atoms. The number of halogens is 1. The summed E-state index contributed by atoms with van der Waals surface area (Å²) < 4.78 is 0.918. The van der Waals surface area contributed by atoms with E-state index in [0.717, 1.165) is 23.9 Å². The van der Waals surface area contributed by atoms with Crippen molar-refractivity contribution in [1.29, 1.82) is 0 Å². The largest absolute Gasteiger partial charge is 0.392 e. The summed E-state index contributed by atoms with van der Waals surface area (Å²) in [6, 6.07) is 0. The van der Waals surface area contributed by atoms with E-state index in [2.05, 4.69) is 34.7 Å². The zero-order chi connectivity index (χ0) is 8.69. The first-order valence-electron chi connectivity index (χ1n) is 3.88. The van der Waals surface area contributed by atoms with Crippen molar-refractivity contribution in [2.45, 2.75) is 25.9 Å². The molecule has 0 aliphatic heterocycles. The molecule has 0 spiro atoms. The molecular weight excluding hydrogens is 206 g/mol. The Morgan fingerprint density at radius 2 is 2.36 bits per heavy atom. The highest BCUT2D eigenvalue weighted by Gasteiger charge is 2.00. The fourth-order valence-corrected chi connectivity index (χ4v) is 1.01. The van der Waals surface area contributed by atoms with Crippen LogP contribution in [-0.2, 0) is 0 Å². The van der Waals surface area contributed by atoms with Crippen LogP contribution in [-0.4, -0.2) is 24.3 Å². The van der Waals surface area contributed by atoms with Gasteiger partial charge in [-0.2, -0.15) is 0 Å². The molecule has 0 radical (unpaired) electrons. The minimum atomic E-state index is -0.216. The molecule has 0 rings (SSSR count). The third-order valence-corrected chi connectivity index (χ3v) is 1.60. The smallest absolute Gasteiger partial charge is 0.0664 e. The third-order valence-electron chi connectivity index (χ3n) is 1.32. The van der Waals surface area contributed by atoms with Crippen LogP contribution in [0.5, 0.6) is 0 Å². The summed E-state index contributed by atoms with van der Waals surface area (Å²) in [5, 5.41) is 12.3. The normalized spacial score (nSPS) is 13.0. The van der Waals surface area contributed by atoms with Gasteiger partial charge in [0.1, 0.15) is 0 Å². The summed E-state index contributed by atoms with van der Waals surface area (Å²) in [7, 11) is 0. The van der Waals surface area contributed by atoms with Gasteiger partial charge in [0, 0.05) is 17.6 Å².